The fraction of sp³-hybridized carbons (Fsp3) is 0.956. The number of ether oxygens (including phenoxy) is 8. The maximum absolute atomic E-state index is 14.1. The van der Waals surface area contributed by atoms with Crippen LogP contribution in [0.2, 0.25) is 0 Å². The number of aliphatic hydroxyl groups is 1. The van der Waals surface area contributed by atoms with Gasteiger partial charge in [-0.05, 0) is 57.8 Å². The summed E-state index contributed by atoms with van der Waals surface area (Å²) in [6.07, 6.45) is 37.8. The van der Waals surface area contributed by atoms with Crippen LogP contribution in [0.15, 0.2) is 12.2 Å². The molecule has 0 spiro atoms. The van der Waals surface area contributed by atoms with E-state index in [4.69, 9.17) is 46.9 Å². The van der Waals surface area contributed by atoms with Crippen LogP contribution in [0.1, 0.15) is 304 Å². The monoisotopic (exact) mass is 1310 g/mol. The lowest BCUT2D eigenvalue weighted by molar-refractivity contribution is -0.319. The third-order valence-corrected chi connectivity index (χ3v) is 18.3. The summed E-state index contributed by atoms with van der Waals surface area (Å²) < 4.78 is 86.3. The molecule has 1 amide bonds. The molecule has 0 aromatic heterocycles. The first-order chi connectivity index (χ1) is 43.1. The van der Waals surface area contributed by atoms with Crippen LogP contribution >= 0.6 is 15.6 Å². The molecule has 528 valence electrons. The van der Waals surface area contributed by atoms with E-state index in [2.05, 4.69) is 45.2 Å². The van der Waals surface area contributed by atoms with Gasteiger partial charge in [0.15, 0.2) is 12.6 Å². The summed E-state index contributed by atoms with van der Waals surface area (Å²) in [6.45, 7) is 8.61. The van der Waals surface area contributed by atoms with Crippen LogP contribution in [0.5, 0.6) is 0 Å². The van der Waals surface area contributed by atoms with Gasteiger partial charge in [0.1, 0.15) is 48.8 Å². The molecule has 0 aromatic carbocycles. The minimum absolute atomic E-state index is 0.0534. The van der Waals surface area contributed by atoms with Crippen molar-refractivity contribution in [1.29, 1.82) is 0 Å². The lowest BCUT2D eigenvalue weighted by atomic mass is 9.95. The van der Waals surface area contributed by atoms with Gasteiger partial charge in [0.25, 0.3) is 0 Å². The Bertz CT molecular complexity index is 1760. The molecule has 0 bridgehead atoms. The number of allylic oxidation sites excluding steroid dienone is 2. The predicted octanol–water partition coefficient (Wildman–Crippen LogP) is 16.1. The average Bonchev–Trinajstić information content (AvgIpc) is 0.992. The van der Waals surface area contributed by atoms with Gasteiger partial charge in [-0.15, -0.1) is 0 Å². The van der Waals surface area contributed by atoms with Gasteiger partial charge in [-0.25, -0.2) is 9.13 Å². The molecule has 0 aliphatic carbocycles. The second-order valence-corrected chi connectivity index (χ2v) is 27.8. The number of rotatable bonds is 62. The van der Waals surface area contributed by atoms with Crippen LogP contribution in [0.25, 0.3) is 0 Å². The summed E-state index contributed by atoms with van der Waals surface area (Å²) in [5, 5.41) is 15.3. The number of carbonyl (C=O) groups excluding carboxylic acids is 1. The van der Waals surface area contributed by atoms with Crippen molar-refractivity contribution in [3.05, 3.63) is 12.2 Å². The van der Waals surface area contributed by atoms with Crippen LogP contribution in [-0.4, -0.2) is 145 Å². The molecule has 2 fully saturated rings. The van der Waals surface area contributed by atoms with Crippen LogP contribution in [0.4, 0.5) is 0 Å². The first-order valence-corrected chi connectivity index (χ1v) is 39.1. The highest BCUT2D eigenvalue weighted by molar-refractivity contribution is 7.46. The number of hydrogen-bond acceptors (Lipinski definition) is 14. The van der Waals surface area contributed by atoms with Gasteiger partial charge in [-0.1, -0.05) is 252 Å². The molecular formula is C68H133NO18P2. The molecule has 2 saturated heterocycles. The minimum Gasteiger partial charge on any atom is -0.387 e. The molecule has 6 N–H and O–H groups in total. The SMILES string of the molecule is CCCCCC/C=C\CCCCCCCCCC(=O)N[C@H]1[C@H](OC[C@H]2O[C@H](OP(=O)(O)O)[C@H](OCCCCCCCCCCCCCC)[C@@H](OCCCCCCCCCCCC)[C@@H]2O)O[C@H](COC)[C@@H](OP(=O)(O)O)[C@@H]1OCC[C@@H](CCCCCCC)OC. The quantitative estimate of drug-likeness (QED) is 0.0188. The molecule has 2 heterocycles. The summed E-state index contributed by atoms with van der Waals surface area (Å²) in [5.74, 6) is -0.373. The van der Waals surface area contributed by atoms with E-state index in [0.29, 0.717) is 25.7 Å². The molecule has 0 radical (unpaired) electrons. The maximum Gasteiger partial charge on any atom is 0.472 e. The number of carbonyl (C=O) groups is 1. The van der Waals surface area contributed by atoms with Gasteiger partial charge in [0.05, 0.1) is 19.3 Å². The fourth-order valence-electron chi connectivity index (χ4n) is 12.1. The van der Waals surface area contributed by atoms with E-state index in [0.717, 1.165) is 128 Å². The molecule has 21 heteroatoms. The summed E-state index contributed by atoms with van der Waals surface area (Å²) >= 11 is 0. The van der Waals surface area contributed by atoms with Crippen LogP contribution in [0, 0.1) is 0 Å². The zero-order valence-corrected chi connectivity index (χ0v) is 58.7. The average molecular weight is 1310 g/mol. The molecule has 19 nitrogen and oxygen atoms in total. The largest absolute Gasteiger partial charge is 0.472 e. The molecule has 0 saturated carbocycles. The molecule has 89 heavy (non-hydrogen) atoms. The molecule has 11 atom stereocenters. The highest BCUT2D eigenvalue weighted by Crippen LogP contribution is 2.44. The van der Waals surface area contributed by atoms with Crippen molar-refractivity contribution >= 4 is 21.6 Å². The molecule has 2 aliphatic heterocycles. The van der Waals surface area contributed by atoms with Crippen molar-refractivity contribution in [2.24, 2.45) is 0 Å². The van der Waals surface area contributed by atoms with Gasteiger partial charge >= 0.3 is 15.6 Å². The molecular weight excluding hydrogens is 1180 g/mol. The Labute approximate surface area is 540 Å². The second kappa shape index (κ2) is 55.2. The summed E-state index contributed by atoms with van der Waals surface area (Å²) in [4.78, 5) is 55.4. The Morgan fingerprint density at radius 3 is 1.34 bits per heavy atom. The second-order valence-electron chi connectivity index (χ2n) is 25.4. The van der Waals surface area contributed by atoms with Crippen molar-refractivity contribution in [1.82, 2.24) is 5.32 Å². The normalized spacial score (nSPS) is 23.0. The Morgan fingerprint density at radius 1 is 0.449 bits per heavy atom. The topological polar surface area (TPSA) is 257 Å². The van der Waals surface area contributed by atoms with Crippen molar-refractivity contribution < 1.29 is 85.5 Å². The fourth-order valence-corrected chi connectivity index (χ4v) is 13.1. The number of amides is 1. The van der Waals surface area contributed by atoms with Gasteiger partial charge in [0.2, 0.25) is 5.91 Å². The van der Waals surface area contributed by atoms with Gasteiger partial charge < -0.3 is 67.9 Å². The van der Waals surface area contributed by atoms with Crippen molar-refractivity contribution in [2.45, 2.75) is 371 Å². The molecule has 0 aromatic rings. The number of phosphoric acid groups is 2. The zero-order chi connectivity index (χ0) is 65.1. The third kappa shape index (κ3) is 43.0. The Morgan fingerprint density at radius 2 is 0.865 bits per heavy atom. The first-order valence-electron chi connectivity index (χ1n) is 36.0. The molecule has 2 aliphatic rings. The first kappa shape index (κ1) is 84.2. The number of phosphoric ester groups is 2. The van der Waals surface area contributed by atoms with E-state index >= 15 is 0 Å². The van der Waals surface area contributed by atoms with Gasteiger partial charge in [0, 0.05) is 40.5 Å². The van der Waals surface area contributed by atoms with Gasteiger partial charge in [-0.3, -0.25) is 13.8 Å². The Hall–Kier alpha value is -0.930. The smallest absolute Gasteiger partial charge is 0.387 e. The number of hydrogen-bond donors (Lipinski definition) is 6. The van der Waals surface area contributed by atoms with Crippen molar-refractivity contribution in [2.75, 3.05) is 47.3 Å². The zero-order valence-electron chi connectivity index (χ0n) is 56.9. The summed E-state index contributed by atoms with van der Waals surface area (Å²) in [5.41, 5.74) is 0. The van der Waals surface area contributed by atoms with Crippen LogP contribution in [-0.2, 0) is 60.9 Å². The standard InChI is InChI=1S/C68H133NO18P2/c1-7-11-15-19-22-25-28-30-31-32-33-35-38-42-46-50-60(70)69-61-64(82-54-51-57(79-6)49-45-41-18-14-10-4)63(86-88(72,73)74)59(55-78-5)85-67(61)83-56-58-62(71)65(80-52-47-43-39-36-27-24-21-17-13-9-3)66(68(84-58)87-89(75,76)77)81-53-48-44-40-37-34-29-26-23-20-16-12-8-2/h25,28,57-59,61-68,71H,7-24,26-27,29-56H2,1-6H3,(H,69,70)(H2,72,73,74)(H2,75,76,77)/b28-25-/t57-,58-,59-,61-,62-,63-,64-,65+,66-,67-,68-/m1/s1. The number of unbranched alkanes of at least 4 members (excludes halogenated alkanes) is 35. The number of aliphatic hydroxyl groups excluding tert-OH is 1. The van der Waals surface area contributed by atoms with Crippen LogP contribution < -0.4 is 5.32 Å². The third-order valence-electron chi connectivity index (χ3n) is 17.3. The molecule has 0 unspecified atom stereocenters. The van der Waals surface area contributed by atoms with E-state index < -0.39 is 83.6 Å². The number of methoxy groups -OCH3 is 2. The lowest BCUT2D eigenvalue weighted by Gasteiger charge is -2.47. The summed E-state index contributed by atoms with van der Waals surface area (Å²) in [6, 6.07) is -1.24. The van der Waals surface area contributed by atoms with E-state index in [-0.39, 0.29) is 44.9 Å². The predicted molar refractivity (Wildman–Crippen MR) is 354 cm³/mol. The Kier molecular flexibility index (Phi) is 52.2. The highest BCUT2D eigenvalue weighted by atomic mass is 31.2. The minimum atomic E-state index is -5.23. The Balaban J connectivity index is 2.39. The van der Waals surface area contributed by atoms with E-state index in [1.54, 1.807) is 7.11 Å². The van der Waals surface area contributed by atoms with E-state index in [1.165, 1.54) is 123 Å². The van der Waals surface area contributed by atoms with Gasteiger partial charge in [-0.2, -0.15) is 0 Å². The van der Waals surface area contributed by atoms with E-state index in [9.17, 15) is 38.6 Å². The van der Waals surface area contributed by atoms with E-state index in [1.807, 2.05) is 0 Å². The van der Waals surface area contributed by atoms with Crippen molar-refractivity contribution in [3.8, 4) is 0 Å². The summed E-state index contributed by atoms with van der Waals surface area (Å²) in [7, 11) is -7.41. The molecule has 2 rings (SSSR count). The van der Waals surface area contributed by atoms with Crippen LogP contribution in [0.3, 0.4) is 0 Å². The lowest BCUT2D eigenvalue weighted by Crippen LogP contribution is -2.67. The number of nitrogens with one attached hydrogen (secondary N) is 1. The van der Waals surface area contributed by atoms with Crippen molar-refractivity contribution in [3.63, 3.8) is 0 Å². The highest BCUT2D eigenvalue weighted by Gasteiger charge is 2.53. The maximum atomic E-state index is 14.1.